The van der Waals surface area contributed by atoms with Crippen LogP contribution in [0.4, 0.5) is 26.3 Å². The Morgan fingerprint density at radius 1 is 0.938 bits per heavy atom. The molecule has 0 rings (SSSR count). The first kappa shape index (κ1) is 18.4. The molecule has 0 saturated carbocycles. The van der Waals surface area contributed by atoms with Gasteiger partial charge in [-0.25, -0.2) is 0 Å². The van der Waals surface area contributed by atoms with E-state index in [2.05, 4.69) is 0 Å². The summed E-state index contributed by atoms with van der Waals surface area (Å²) in [4.78, 5) is 0.654. The maximum atomic E-state index is 12.2. The fraction of sp³-hybridized carbons (Fsp3) is 1.00. The minimum Gasteiger partial charge on any atom is -0.372 e. The molecule has 0 saturated heterocycles. The fourth-order valence-corrected chi connectivity index (χ4v) is 1.01. The summed E-state index contributed by atoms with van der Waals surface area (Å²) in [5, 5.41) is 8.83. The second kappa shape index (κ2) is 5.11. The van der Waals surface area contributed by atoms with E-state index in [1.807, 2.05) is 0 Å². The van der Waals surface area contributed by atoms with Crippen LogP contribution in [0, 0.1) is 0 Å². The molecule has 1 N–H and O–H groups in total. The van der Waals surface area contributed by atoms with E-state index in [1.54, 1.807) is 0 Å². The van der Waals surface area contributed by atoms with Gasteiger partial charge < -0.3 is 10.0 Å². The first-order chi connectivity index (χ1) is 6.35. The summed E-state index contributed by atoms with van der Waals surface area (Å²) in [6.45, 7) is 0.654. The van der Waals surface area contributed by atoms with Crippen LogP contribution < -0.4 is 0 Å². The summed E-state index contributed by atoms with van der Waals surface area (Å²) < 4.78 is 73.3. The predicted octanol–water partition coefficient (Wildman–Crippen LogP) is 1.79. The van der Waals surface area contributed by atoms with Crippen molar-refractivity contribution in [3.8, 4) is 0 Å². The van der Waals surface area contributed by atoms with Gasteiger partial charge in [0.25, 0.3) is 5.60 Å². The van der Waals surface area contributed by atoms with Gasteiger partial charge in [0.05, 0.1) is 6.04 Å². The van der Waals surface area contributed by atoms with Crippen molar-refractivity contribution in [3.05, 3.63) is 0 Å². The van der Waals surface area contributed by atoms with Gasteiger partial charge in [0.1, 0.15) is 0 Å². The Morgan fingerprint density at radius 2 is 1.19 bits per heavy atom. The molecule has 0 fully saturated rings. The fourth-order valence-electron chi connectivity index (χ4n) is 1.01. The molecule has 0 spiro atoms. The molecule has 1 atom stereocenters. The maximum absolute atomic E-state index is 12.2. The molecular formula is C7H11CoF6NO. The molecule has 0 bridgehead atoms. The molecule has 0 aliphatic rings. The van der Waals surface area contributed by atoms with Crippen molar-refractivity contribution in [2.24, 2.45) is 0 Å². The Hall–Kier alpha value is 0.00649. The summed E-state index contributed by atoms with van der Waals surface area (Å²) in [7, 11) is 2.04. The molecule has 1 radical (unpaired) electrons. The summed E-state index contributed by atoms with van der Waals surface area (Å²) >= 11 is 0. The van der Waals surface area contributed by atoms with Crippen molar-refractivity contribution in [1.82, 2.24) is 4.90 Å². The first-order valence-electron chi connectivity index (χ1n) is 3.88. The number of aliphatic hydroxyl groups is 1. The van der Waals surface area contributed by atoms with Crippen molar-refractivity contribution in [3.63, 3.8) is 0 Å². The van der Waals surface area contributed by atoms with E-state index in [0.717, 1.165) is 14.1 Å². The van der Waals surface area contributed by atoms with Gasteiger partial charge in [-0.05, 0) is 21.0 Å². The van der Waals surface area contributed by atoms with Gasteiger partial charge in [-0.3, -0.25) is 0 Å². The number of alkyl halides is 6. The van der Waals surface area contributed by atoms with E-state index in [4.69, 9.17) is 5.11 Å². The van der Waals surface area contributed by atoms with Gasteiger partial charge in [0.2, 0.25) is 0 Å². The molecule has 0 aromatic rings. The predicted molar refractivity (Wildman–Crippen MR) is 40.2 cm³/mol. The number of hydrogen-bond acceptors (Lipinski definition) is 2. The van der Waals surface area contributed by atoms with Crippen LogP contribution in [-0.2, 0) is 16.8 Å². The second-order valence-corrected chi connectivity index (χ2v) is 3.40. The minimum atomic E-state index is -5.77. The molecular weight excluding hydrogens is 287 g/mol. The van der Waals surface area contributed by atoms with Crippen LogP contribution in [-0.4, -0.2) is 48.1 Å². The zero-order chi connectivity index (χ0) is 12.7. The average Bonchev–Trinajstić information content (AvgIpc) is 1.96. The van der Waals surface area contributed by atoms with Gasteiger partial charge in [-0.15, -0.1) is 0 Å². The standard InChI is InChI=1S/C7H11F6NO.Co/c1-4(14(2)3)5(15,6(8,9)10)7(11,12)13;/h4,15H,1-3H3;. The van der Waals surface area contributed by atoms with E-state index in [9.17, 15) is 26.3 Å². The normalized spacial score (nSPS) is 15.9. The van der Waals surface area contributed by atoms with Crippen LogP contribution in [0.3, 0.4) is 0 Å². The Balaban J connectivity index is 0. The second-order valence-electron chi connectivity index (χ2n) is 3.40. The van der Waals surface area contributed by atoms with Crippen molar-refractivity contribution in [2.45, 2.75) is 30.9 Å². The molecule has 2 nitrogen and oxygen atoms in total. The third-order valence-electron chi connectivity index (χ3n) is 2.24. The van der Waals surface area contributed by atoms with Gasteiger partial charge in [0, 0.05) is 16.8 Å². The Morgan fingerprint density at radius 3 is 1.25 bits per heavy atom. The monoisotopic (exact) mass is 298 g/mol. The Bertz CT molecular complexity index is 212. The molecule has 16 heavy (non-hydrogen) atoms. The third kappa shape index (κ3) is 3.02. The summed E-state index contributed by atoms with van der Waals surface area (Å²) in [6, 6.07) is -2.13. The Kier molecular flexibility index (Phi) is 5.87. The number of nitrogens with zero attached hydrogens (tertiary/aromatic N) is 1. The minimum absolute atomic E-state index is 0. The number of rotatable bonds is 2. The molecule has 0 amide bonds. The van der Waals surface area contributed by atoms with Crippen LogP contribution in [0.25, 0.3) is 0 Å². The van der Waals surface area contributed by atoms with Crippen LogP contribution in [0.5, 0.6) is 0 Å². The van der Waals surface area contributed by atoms with Crippen molar-refractivity contribution in [2.75, 3.05) is 14.1 Å². The van der Waals surface area contributed by atoms with Gasteiger partial charge >= 0.3 is 12.4 Å². The molecule has 0 aromatic carbocycles. The average molecular weight is 298 g/mol. The summed E-state index contributed by atoms with van der Waals surface area (Å²) in [6.07, 6.45) is -11.5. The SMILES string of the molecule is CC(N(C)C)C(O)(C(F)(F)F)C(F)(F)F.[Co]. The molecule has 0 aromatic heterocycles. The zero-order valence-electron chi connectivity index (χ0n) is 8.57. The van der Waals surface area contributed by atoms with E-state index in [1.165, 1.54) is 0 Å². The smallest absolute Gasteiger partial charge is 0.372 e. The van der Waals surface area contributed by atoms with Crippen molar-refractivity contribution >= 4 is 0 Å². The zero-order valence-corrected chi connectivity index (χ0v) is 9.61. The van der Waals surface area contributed by atoms with Gasteiger partial charge in [-0.1, -0.05) is 0 Å². The van der Waals surface area contributed by atoms with Gasteiger partial charge in [-0.2, -0.15) is 26.3 Å². The summed E-state index contributed by atoms with van der Waals surface area (Å²) in [5.74, 6) is 0. The first-order valence-corrected chi connectivity index (χ1v) is 3.88. The molecule has 0 heterocycles. The quantitative estimate of drug-likeness (QED) is 0.786. The van der Waals surface area contributed by atoms with Crippen LogP contribution >= 0.6 is 0 Å². The largest absolute Gasteiger partial charge is 0.427 e. The molecule has 0 aliphatic heterocycles. The van der Waals surface area contributed by atoms with Crippen LogP contribution in [0.1, 0.15) is 6.92 Å². The number of hydrogen-bond donors (Lipinski definition) is 1. The van der Waals surface area contributed by atoms with E-state index >= 15 is 0 Å². The number of halogens is 6. The van der Waals surface area contributed by atoms with Crippen molar-refractivity contribution in [1.29, 1.82) is 0 Å². The van der Waals surface area contributed by atoms with E-state index < -0.39 is 24.0 Å². The van der Waals surface area contributed by atoms with E-state index in [0.29, 0.717) is 11.8 Å². The third-order valence-corrected chi connectivity index (χ3v) is 2.24. The Labute approximate surface area is 98.8 Å². The molecule has 0 aliphatic carbocycles. The molecule has 1 unspecified atom stereocenters. The summed E-state index contributed by atoms with van der Waals surface area (Å²) in [5.41, 5.74) is -4.72. The van der Waals surface area contributed by atoms with Crippen LogP contribution in [0.15, 0.2) is 0 Å². The maximum Gasteiger partial charge on any atom is 0.427 e. The number of likely N-dealkylation sites (N-methyl/N-ethyl adjacent to an activating group) is 1. The van der Waals surface area contributed by atoms with Gasteiger partial charge in [0.15, 0.2) is 0 Å². The van der Waals surface area contributed by atoms with Crippen molar-refractivity contribution < 1.29 is 48.2 Å². The van der Waals surface area contributed by atoms with Crippen LogP contribution in [0.2, 0.25) is 0 Å². The van der Waals surface area contributed by atoms with E-state index in [-0.39, 0.29) is 16.8 Å². The molecule has 9 heteroatoms. The molecule has 101 valence electrons. The topological polar surface area (TPSA) is 23.5 Å².